The Kier molecular flexibility index (Phi) is 3.23. The highest BCUT2D eigenvalue weighted by Crippen LogP contribution is 2.43. The number of rotatable bonds is 1. The molecule has 2 nitrogen and oxygen atoms in total. The smallest absolute Gasteiger partial charge is 0.472 e. The van der Waals surface area contributed by atoms with Crippen molar-refractivity contribution >= 4 is 23.0 Å². The summed E-state index contributed by atoms with van der Waals surface area (Å²) in [7, 11) is -4.20. The Morgan fingerprint density at radius 1 is 1.25 bits per heavy atom. The number of benzene rings is 1. The summed E-state index contributed by atoms with van der Waals surface area (Å²) in [6, 6.07) is 8.88. The molecule has 86 valence electrons. The molecular weight excluding hydrogens is 281 g/mol. The van der Waals surface area contributed by atoms with Crippen molar-refractivity contribution in [2.45, 2.75) is 19.1 Å². The quantitative estimate of drug-likeness (QED) is 0.582. The highest BCUT2D eigenvalue weighted by Gasteiger charge is 2.51. The van der Waals surface area contributed by atoms with Gasteiger partial charge in [0, 0.05) is 12.5 Å². The molecule has 0 N–H and O–H groups in total. The molecule has 0 amide bonds. The van der Waals surface area contributed by atoms with E-state index in [1.807, 2.05) is 6.07 Å². The summed E-state index contributed by atoms with van der Waals surface area (Å²) in [6.07, 6.45) is -1.44. The maximum absolute atomic E-state index is 13.1. The summed E-state index contributed by atoms with van der Waals surface area (Å²) in [5.41, 5.74) is 0.686. The lowest BCUT2D eigenvalue weighted by Gasteiger charge is -2.37. The predicted molar refractivity (Wildman–Crippen MR) is 61.0 cm³/mol. The first-order chi connectivity index (χ1) is 7.49. The second-order valence-corrected chi connectivity index (χ2v) is 4.54. The highest BCUT2D eigenvalue weighted by atomic mass is 79.9. The number of halogens is 3. The number of hydrogen-bond donors (Lipinski definition) is 0. The molecule has 2 atom stereocenters. The van der Waals surface area contributed by atoms with Gasteiger partial charge in [-0.05, 0) is 0 Å². The van der Waals surface area contributed by atoms with Gasteiger partial charge >= 0.3 is 7.11 Å². The van der Waals surface area contributed by atoms with Crippen LogP contribution in [0.2, 0.25) is 0 Å². The standard InChI is InChI=1S/C10H10BBrF2O2/c1-7-9(12)10(16-11(13,14)15-7)8-5-3-2-4-6-8/h2-7,10H,1H3. The average molecular weight is 291 g/mol. The van der Waals surface area contributed by atoms with Crippen molar-refractivity contribution in [2.75, 3.05) is 0 Å². The minimum atomic E-state index is -4.20. The van der Waals surface area contributed by atoms with Gasteiger partial charge in [-0.1, -0.05) is 30.3 Å². The minimum Gasteiger partial charge on any atom is -0.472 e. The van der Waals surface area contributed by atoms with E-state index in [4.69, 9.17) is 0 Å². The molecule has 6 heteroatoms. The molecule has 1 heterocycles. The molecule has 1 saturated heterocycles. The van der Waals surface area contributed by atoms with E-state index in [-0.39, 0.29) is 0 Å². The van der Waals surface area contributed by atoms with Gasteiger partial charge in [-0.25, -0.2) is 0 Å². The Balaban J connectivity index is 2.26. The first-order valence-corrected chi connectivity index (χ1v) is 5.72. The van der Waals surface area contributed by atoms with Crippen LogP contribution in [0, 0.1) is 4.83 Å². The van der Waals surface area contributed by atoms with Gasteiger partial charge in [0.1, 0.15) is 0 Å². The van der Waals surface area contributed by atoms with E-state index in [9.17, 15) is 8.63 Å². The molecule has 0 aliphatic carbocycles. The molecule has 2 unspecified atom stereocenters. The van der Waals surface area contributed by atoms with E-state index in [0.717, 1.165) is 0 Å². The van der Waals surface area contributed by atoms with Crippen molar-refractivity contribution in [3.05, 3.63) is 40.7 Å². The molecule has 16 heavy (non-hydrogen) atoms. The van der Waals surface area contributed by atoms with Gasteiger partial charge in [0.2, 0.25) is 26.9 Å². The van der Waals surface area contributed by atoms with E-state index in [2.05, 4.69) is 25.2 Å². The fourth-order valence-electron chi connectivity index (χ4n) is 1.64. The Hall–Kier alpha value is -0.585. The zero-order chi connectivity index (χ0) is 11.8. The summed E-state index contributed by atoms with van der Waals surface area (Å²) in [6.45, 7) is 1.57. The zero-order valence-electron chi connectivity index (χ0n) is 8.57. The fraction of sp³-hybridized carbons (Fsp3) is 0.300. The van der Waals surface area contributed by atoms with Gasteiger partial charge in [0.25, 0.3) is 0 Å². The maximum Gasteiger partial charge on any atom is 0.608 e. The van der Waals surface area contributed by atoms with E-state index in [1.165, 1.54) is 0 Å². The molecule has 0 aromatic heterocycles. The molecule has 1 aliphatic rings. The van der Waals surface area contributed by atoms with Crippen LogP contribution in [0.3, 0.4) is 0 Å². The molecule has 0 radical (unpaired) electrons. The second kappa shape index (κ2) is 4.35. The van der Waals surface area contributed by atoms with Crippen molar-refractivity contribution in [2.24, 2.45) is 0 Å². The lowest BCUT2D eigenvalue weighted by Crippen LogP contribution is -2.45. The predicted octanol–water partition coefficient (Wildman–Crippen LogP) is 3.46. The van der Waals surface area contributed by atoms with E-state index >= 15 is 0 Å². The Morgan fingerprint density at radius 2 is 1.88 bits per heavy atom. The molecule has 0 saturated carbocycles. The van der Waals surface area contributed by atoms with Crippen molar-refractivity contribution < 1.29 is 17.9 Å². The fourth-order valence-corrected chi connectivity index (χ4v) is 2.12. The molecule has 1 aliphatic heterocycles. The Bertz CT molecular complexity index is 363. The topological polar surface area (TPSA) is 18.5 Å². The average Bonchev–Trinajstić information content (AvgIpc) is 2.24. The van der Waals surface area contributed by atoms with E-state index < -0.39 is 19.3 Å². The van der Waals surface area contributed by atoms with Crippen molar-refractivity contribution in [3.8, 4) is 0 Å². The molecule has 0 spiro atoms. The Morgan fingerprint density at radius 3 is 2.50 bits per heavy atom. The van der Waals surface area contributed by atoms with Crippen LogP contribution in [0.1, 0.15) is 18.6 Å². The highest BCUT2D eigenvalue weighted by molar-refractivity contribution is 9.11. The van der Waals surface area contributed by atoms with Crippen LogP contribution < -0.4 is 0 Å². The molecule has 1 aromatic rings. The molecule has 2 rings (SSSR count). The zero-order valence-corrected chi connectivity index (χ0v) is 10.2. The summed E-state index contributed by atoms with van der Waals surface area (Å²) in [5.74, 6) is 0. The largest absolute Gasteiger partial charge is 0.608 e. The third-order valence-electron chi connectivity index (χ3n) is 2.40. The van der Waals surface area contributed by atoms with E-state index in [0.29, 0.717) is 10.4 Å². The van der Waals surface area contributed by atoms with Crippen LogP contribution in [-0.2, 0) is 9.31 Å². The molecule has 1 aromatic carbocycles. The van der Waals surface area contributed by atoms with Crippen molar-refractivity contribution in [1.82, 2.24) is 0 Å². The van der Waals surface area contributed by atoms with E-state index in [1.54, 1.807) is 31.2 Å². The van der Waals surface area contributed by atoms with Crippen LogP contribution in [0.5, 0.6) is 0 Å². The minimum absolute atomic E-state index is 0.575. The third-order valence-corrected chi connectivity index (χ3v) is 3.46. The SMILES string of the molecule is CC1O[B-](F)(F)OC(c2ccccc2)[C+]1Br. The second-order valence-electron chi connectivity index (χ2n) is 3.63. The van der Waals surface area contributed by atoms with Crippen LogP contribution >= 0.6 is 15.9 Å². The monoisotopic (exact) mass is 290 g/mol. The number of hydrogen-bond acceptors (Lipinski definition) is 2. The summed E-state index contributed by atoms with van der Waals surface area (Å²) >= 11 is 3.25. The van der Waals surface area contributed by atoms with Crippen LogP contribution in [-0.4, -0.2) is 13.2 Å². The van der Waals surface area contributed by atoms with Gasteiger partial charge in [-0.2, -0.15) is 0 Å². The first kappa shape index (κ1) is 11.9. The summed E-state index contributed by atoms with van der Waals surface area (Å²) in [4.78, 5) is 0.575. The molecule has 0 bridgehead atoms. The Labute approximate surface area is 101 Å². The van der Waals surface area contributed by atoms with Gasteiger partial charge < -0.3 is 17.9 Å². The first-order valence-electron chi connectivity index (χ1n) is 4.92. The third kappa shape index (κ3) is 2.39. The lowest BCUT2D eigenvalue weighted by molar-refractivity contribution is -0.0123. The van der Waals surface area contributed by atoms with Crippen molar-refractivity contribution in [1.29, 1.82) is 0 Å². The summed E-state index contributed by atoms with van der Waals surface area (Å²) < 4.78 is 35.4. The van der Waals surface area contributed by atoms with Crippen LogP contribution in [0.15, 0.2) is 30.3 Å². The molecule has 1 fully saturated rings. The maximum atomic E-state index is 13.1. The van der Waals surface area contributed by atoms with Crippen LogP contribution in [0.25, 0.3) is 0 Å². The van der Waals surface area contributed by atoms with Gasteiger partial charge in [0.15, 0.2) is 6.10 Å². The van der Waals surface area contributed by atoms with Crippen molar-refractivity contribution in [3.63, 3.8) is 0 Å². The van der Waals surface area contributed by atoms with Gasteiger partial charge in [-0.15, -0.1) is 0 Å². The lowest BCUT2D eigenvalue weighted by atomic mass is 9.97. The van der Waals surface area contributed by atoms with Crippen LogP contribution in [0.4, 0.5) is 8.63 Å². The molecular formula is C10H10BBrF2O2. The normalized spacial score (nSPS) is 29.1. The van der Waals surface area contributed by atoms with Gasteiger partial charge in [0.05, 0.1) is 0 Å². The summed E-state index contributed by atoms with van der Waals surface area (Å²) in [5, 5.41) is 0. The van der Waals surface area contributed by atoms with Gasteiger partial charge in [-0.3, -0.25) is 0 Å².